The Kier molecular flexibility index (Phi) is 4.48. The van der Waals surface area contributed by atoms with Gasteiger partial charge in [0.05, 0.1) is 11.1 Å². The Balaban J connectivity index is 1.85. The van der Waals surface area contributed by atoms with Gasteiger partial charge in [0.25, 0.3) is 5.91 Å². The molecule has 0 fully saturated rings. The molecule has 5 nitrogen and oxygen atoms in total. The van der Waals surface area contributed by atoms with Gasteiger partial charge in [-0.05, 0) is 63.1 Å². The molecule has 5 heteroatoms. The zero-order chi connectivity index (χ0) is 19.1. The summed E-state index contributed by atoms with van der Waals surface area (Å²) in [6, 6.07) is 11.0. The van der Waals surface area contributed by atoms with Crippen LogP contribution in [0.2, 0.25) is 0 Å². The van der Waals surface area contributed by atoms with Crippen LogP contribution < -0.4 is 15.0 Å². The normalized spacial score (nSPS) is 15.7. The Morgan fingerprint density at radius 1 is 1.12 bits per heavy atom. The number of anilines is 2. The van der Waals surface area contributed by atoms with E-state index in [-0.39, 0.29) is 18.4 Å². The molecular weight excluding hydrogens is 328 g/mol. The van der Waals surface area contributed by atoms with Crippen LogP contribution in [-0.4, -0.2) is 25.5 Å². The Labute approximate surface area is 154 Å². The monoisotopic (exact) mass is 352 g/mol. The molecule has 0 aromatic heterocycles. The average molecular weight is 352 g/mol. The quantitative estimate of drug-likeness (QED) is 0.891. The number of carbonyl (C=O) groups is 2. The molecule has 1 N–H and O–H groups in total. The third kappa shape index (κ3) is 3.29. The highest BCUT2D eigenvalue weighted by Crippen LogP contribution is 2.37. The lowest BCUT2D eigenvalue weighted by Crippen LogP contribution is -2.39. The van der Waals surface area contributed by atoms with Gasteiger partial charge in [-0.1, -0.05) is 6.07 Å². The molecule has 1 heterocycles. The number of nitrogens with one attached hydrogen (secondary N) is 1. The minimum atomic E-state index is -0.601. The van der Waals surface area contributed by atoms with Crippen LogP contribution in [0.3, 0.4) is 0 Å². The third-order valence-corrected chi connectivity index (χ3v) is 4.82. The Hall–Kier alpha value is -2.82. The first kappa shape index (κ1) is 18.0. The fourth-order valence-corrected chi connectivity index (χ4v) is 2.95. The summed E-state index contributed by atoms with van der Waals surface area (Å²) in [6.45, 7) is 8.01. The maximum absolute atomic E-state index is 12.5. The van der Waals surface area contributed by atoms with Crippen LogP contribution in [0.4, 0.5) is 11.4 Å². The number of hydrogen-bond acceptors (Lipinski definition) is 3. The molecule has 2 aromatic carbocycles. The number of carbonyl (C=O) groups excluding carboxylic acids is 2. The summed E-state index contributed by atoms with van der Waals surface area (Å²) >= 11 is 0. The van der Waals surface area contributed by atoms with Gasteiger partial charge in [0, 0.05) is 24.4 Å². The lowest BCUT2D eigenvalue weighted by atomic mass is 9.93. The maximum Gasteiger partial charge on any atom is 0.255 e. The van der Waals surface area contributed by atoms with E-state index in [9.17, 15) is 9.59 Å². The summed E-state index contributed by atoms with van der Waals surface area (Å²) in [6.07, 6.45) is 0. The Morgan fingerprint density at radius 3 is 2.54 bits per heavy atom. The van der Waals surface area contributed by atoms with E-state index in [1.165, 1.54) is 0 Å². The van der Waals surface area contributed by atoms with Crippen molar-refractivity contribution in [2.75, 3.05) is 23.9 Å². The molecule has 0 spiro atoms. The first-order valence-electron chi connectivity index (χ1n) is 8.63. The number of rotatable bonds is 2. The molecule has 0 bridgehead atoms. The van der Waals surface area contributed by atoms with Crippen molar-refractivity contribution in [2.24, 2.45) is 5.41 Å². The number of nitrogens with zero attached hydrogens (tertiary/aromatic N) is 1. The van der Waals surface area contributed by atoms with Crippen molar-refractivity contribution >= 4 is 23.2 Å². The zero-order valence-corrected chi connectivity index (χ0v) is 15.8. The number of fused-ring (bicyclic) bond motifs is 1. The van der Waals surface area contributed by atoms with Gasteiger partial charge < -0.3 is 15.0 Å². The van der Waals surface area contributed by atoms with Crippen LogP contribution in [0.25, 0.3) is 0 Å². The van der Waals surface area contributed by atoms with E-state index in [1.807, 2.05) is 45.9 Å². The largest absolute Gasteiger partial charge is 0.490 e. The van der Waals surface area contributed by atoms with Crippen molar-refractivity contribution in [3.05, 3.63) is 53.1 Å². The van der Waals surface area contributed by atoms with Crippen LogP contribution >= 0.6 is 0 Å². The van der Waals surface area contributed by atoms with Gasteiger partial charge in [-0.25, -0.2) is 0 Å². The van der Waals surface area contributed by atoms with Gasteiger partial charge in [0.1, 0.15) is 12.4 Å². The highest BCUT2D eigenvalue weighted by molar-refractivity contribution is 6.05. The van der Waals surface area contributed by atoms with Gasteiger partial charge in [-0.3, -0.25) is 9.59 Å². The predicted molar refractivity (Wildman–Crippen MR) is 103 cm³/mol. The molecule has 0 saturated heterocycles. The minimum Gasteiger partial charge on any atom is -0.490 e. The molecule has 1 aliphatic rings. The number of ether oxygens (including phenoxy) is 1. The van der Waals surface area contributed by atoms with Crippen LogP contribution in [0.5, 0.6) is 5.75 Å². The van der Waals surface area contributed by atoms with Gasteiger partial charge in [-0.2, -0.15) is 0 Å². The van der Waals surface area contributed by atoms with Gasteiger partial charge in [-0.15, -0.1) is 0 Å². The van der Waals surface area contributed by atoms with Gasteiger partial charge >= 0.3 is 0 Å². The second-order valence-electron chi connectivity index (χ2n) is 7.47. The molecule has 136 valence electrons. The summed E-state index contributed by atoms with van der Waals surface area (Å²) in [7, 11) is 1.74. The van der Waals surface area contributed by atoms with Crippen molar-refractivity contribution < 1.29 is 14.3 Å². The van der Waals surface area contributed by atoms with Crippen molar-refractivity contribution in [2.45, 2.75) is 27.7 Å². The van der Waals surface area contributed by atoms with Crippen LogP contribution in [0.15, 0.2) is 36.4 Å². The second-order valence-corrected chi connectivity index (χ2v) is 7.47. The minimum absolute atomic E-state index is 0.00293. The zero-order valence-electron chi connectivity index (χ0n) is 15.8. The van der Waals surface area contributed by atoms with Crippen molar-refractivity contribution in [3.8, 4) is 5.75 Å². The number of aryl methyl sites for hydroxylation is 2. The van der Waals surface area contributed by atoms with E-state index in [1.54, 1.807) is 30.1 Å². The molecule has 2 amide bonds. The standard InChI is InChI=1S/C21H24N2O3/c1-13-6-7-15(10-14(13)2)19(24)22-16-8-9-17-18(11-16)26-12-21(3,4)20(25)23(17)5/h6-11H,12H2,1-5H3,(H,22,24). The molecule has 0 saturated carbocycles. The summed E-state index contributed by atoms with van der Waals surface area (Å²) in [5, 5.41) is 2.90. The SMILES string of the molecule is Cc1ccc(C(=O)Nc2ccc3c(c2)OCC(C)(C)C(=O)N3C)cc1C. The fourth-order valence-electron chi connectivity index (χ4n) is 2.95. The fraction of sp³-hybridized carbons (Fsp3) is 0.333. The van der Waals surface area contributed by atoms with Crippen molar-refractivity contribution in [1.82, 2.24) is 0 Å². The van der Waals surface area contributed by atoms with Gasteiger partial charge in [0.15, 0.2) is 0 Å². The topological polar surface area (TPSA) is 58.6 Å². The predicted octanol–water partition coefficient (Wildman–Crippen LogP) is 3.94. The molecule has 2 aromatic rings. The van der Waals surface area contributed by atoms with E-state index in [0.717, 1.165) is 11.1 Å². The van der Waals surface area contributed by atoms with E-state index in [4.69, 9.17) is 4.74 Å². The third-order valence-electron chi connectivity index (χ3n) is 4.82. The van der Waals surface area contributed by atoms with Crippen LogP contribution in [-0.2, 0) is 4.79 Å². The summed E-state index contributed by atoms with van der Waals surface area (Å²) in [5.41, 5.74) is 3.56. The Bertz CT molecular complexity index is 887. The van der Waals surface area contributed by atoms with E-state index < -0.39 is 5.41 Å². The first-order valence-corrected chi connectivity index (χ1v) is 8.63. The molecule has 1 aliphatic heterocycles. The first-order chi connectivity index (χ1) is 12.2. The summed E-state index contributed by atoms with van der Waals surface area (Å²) in [5.74, 6) is 0.416. The molecule has 0 aliphatic carbocycles. The maximum atomic E-state index is 12.5. The van der Waals surface area contributed by atoms with E-state index in [0.29, 0.717) is 22.7 Å². The highest BCUT2D eigenvalue weighted by atomic mass is 16.5. The number of amides is 2. The van der Waals surface area contributed by atoms with E-state index >= 15 is 0 Å². The van der Waals surface area contributed by atoms with Crippen LogP contribution in [0.1, 0.15) is 35.3 Å². The lowest BCUT2D eigenvalue weighted by molar-refractivity contribution is -0.127. The summed E-state index contributed by atoms with van der Waals surface area (Å²) < 4.78 is 5.85. The Morgan fingerprint density at radius 2 is 1.85 bits per heavy atom. The molecule has 0 radical (unpaired) electrons. The second kappa shape index (κ2) is 6.48. The average Bonchev–Trinajstić information content (AvgIpc) is 2.68. The highest BCUT2D eigenvalue weighted by Gasteiger charge is 2.36. The molecule has 3 rings (SSSR count). The van der Waals surface area contributed by atoms with Gasteiger partial charge in [0.2, 0.25) is 5.91 Å². The molecule has 0 unspecified atom stereocenters. The number of benzene rings is 2. The van der Waals surface area contributed by atoms with E-state index in [2.05, 4.69) is 5.32 Å². The number of hydrogen-bond donors (Lipinski definition) is 1. The van der Waals surface area contributed by atoms with Crippen molar-refractivity contribution in [3.63, 3.8) is 0 Å². The molecule has 0 atom stereocenters. The molecule has 26 heavy (non-hydrogen) atoms. The summed E-state index contributed by atoms with van der Waals surface area (Å²) in [4.78, 5) is 26.6. The van der Waals surface area contributed by atoms with Crippen molar-refractivity contribution in [1.29, 1.82) is 0 Å². The van der Waals surface area contributed by atoms with Crippen LogP contribution in [0, 0.1) is 19.3 Å². The lowest BCUT2D eigenvalue weighted by Gasteiger charge is -2.24. The molecular formula is C21H24N2O3. The smallest absolute Gasteiger partial charge is 0.255 e.